The summed E-state index contributed by atoms with van der Waals surface area (Å²) in [6.45, 7) is 9.44. The van der Waals surface area contributed by atoms with Gasteiger partial charge in [0.15, 0.2) is 0 Å². The molecule has 0 aliphatic heterocycles. The van der Waals surface area contributed by atoms with Crippen molar-refractivity contribution in [2.75, 3.05) is 11.9 Å². The Labute approximate surface area is 111 Å². The summed E-state index contributed by atoms with van der Waals surface area (Å²) in [5, 5.41) is 3.35. The summed E-state index contributed by atoms with van der Waals surface area (Å²) in [6.07, 6.45) is 0. The van der Waals surface area contributed by atoms with Gasteiger partial charge in [0.1, 0.15) is 5.00 Å². The van der Waals surface area contributed by atoms with Gasteiger partial charge in [0.25, 0.3) is 0 Å². The molecule has 0 aliphatic carbocycles. The molecule has 0 saturated carbocycles. The van der Waals surface area contributed by atoms with E-state index in [1.165, 1.54) is 11.3 Å². The van der Waals surface area contributed by atoms with E-state index < -0.39 is 11.4 Å². The Bertz CT molecular complexity index is 457. The smallest absolute Gasteiger partial charge is 0.341 e. The first-order chi connectivity index (χ1) is 8.25. The summed E-state index contributed by atoms with van der Waals surface area (Å²) >= 11 is 1.38. The van der Waals surface area contributed by atoms with E-state index in [4.69, 9.17) is 4.74 Å². The molecule has 18 heavy (non-hydrogen) atoms. The molecule has 0 fully saturated rings. The SMILES string of the molecule is CCOC(=O)c1cc(C)sc1NC(=O)C(C)(C)C. The number of carbonyl (C=O) groups excluding carboxylic acids is 2. The van der Waals surface area contributed by atoms with Gasteiger partial charge in [-0.3, -0.25) is 4.79 Å². The zero-order chi connectivity index (χ0) is 13.9. The van der Waals surface area contributed by atoms with Gasteiger partial charge in [0.2, 0.25) is 5.91 Å². The molecule has 4 nitrogen and oxygen atoms in total. The second-order valence-electron chi connectivity index (χ2n) is 5.02. The minimum atomic E-state index is -0.496. The van der Waals surface area contributed by atoms with Crippen molar-refractivity contribution in [1.82, 2.24) is 0 Å². The molecule has 1 aromatic heterocycles. The van der Waals surface area contributed by atoms with Crippen molar-refractivity contribution in [3.05, 3.63) is 16.5 Å². The molecular weight excluding hydrogens is 250 g/mol. The first kappa shape index (κ1) is 14.7. The summed E-state index contributed by atoms with van der Waals surface area (Å²) in [5.41, 5.74) is -0.0685. The molecule has 1 aromatic rings. The van der Waals surface area contributed by atoms with E-state index in [2.05, 4.69) is 5.32 Å². The number of rotatable bonds is 3. The molecule has 1 rings (SSSR count). The first-order valence-electron chi connectivity index (χ1n) is 5.84. The Hall–Kier alpha value is -1.36. The lowest BCUT2D eigenvalue weighted by Crippen LogP contribution is -2.27. The molecule has 100 valence electrons. The molecule has 1 heterocycles. The fourth-order valence-corrected chi connectivity index (χ4v) is 2.15. The zero-order valence-electron chi connectivity index (χ0n) is 11.4. The molecule has 5 heteroatoms. The molecular formula is C13H19NO3S. The number of nitrogens with one attached hydrogen (secondary N) is 1. The number of ether oxygens (including phenoxy) is 1. The Kier molecular flexibility index (Phi) is 4.51. The Balaban J connectivity index is 2.96. The van der Waals surface area contributed by atoms with Gasteiger partial charge in [0.05, 0.1) is 12.2 Å². The number of hydrogen-bond acceptors (Lipinski definition) is 4. The monoisotopic (exact) mass is 269 g/mol. The van der Waals surface area contributed by atoms with Gasteiger partial charge in [0, 0.05) is 10.3 Å². The highest BCUT2D eigenvalue weighted by atomic mass is 32.1. The fraction of sp³-hybridized carbons (Fsp3) is 0.538. The highest BCUT2D eigenvalue weighted by Gasteiger charge is 2.24. The summed E-state index contributed by atoms with van der Waals surface area (Å²) in [7, 11) is 0. The van der Waals surface area contributed by atoms with Crippen LogP contribution in [0.4, 0.5) is 5.00 Å². The van der Waals surface area contributed by atoms with Crippen LogP contribution in [-0.4, -0.2) is 18.5 Å². The zero-order valence-corrected chi connectivity index (χ0v) is 12.2. The lowest BCUT2D eigenvalue weighted by atomic mass is 9.96. The van der Waals surface area contributed by atoms with Crippen LogP contribution in [0.1, 0.15) is 42.9 Å². The van der Waals surface area contributed by atoms with Crippen LogP contribution in [0.3, 0.4) is 0 Å². The van der Waals surface area contributed by atoms with Crippen LogP contribution in [0.2, 0.25) is 0 Å². The van der Waals surface area contributed by atoms with Crippen molar-refractivity contribution in [3.8, 4) is 0 Å². The summed E-state index contributed by atoms with van der Waals surface area (Å²) in [6, 6.07) is 1.74. The van der Waals surface area contributed by atoms with Crippen LogP contribution < -0.4 is 5.32 Å². The summed E-state index contributed by atoms with van der Waals surface area (Å²) in [5.74, 6) is -0.513. The van der Waals surface area contributed by atoms with Gasteiger partial charge in [-0.1, -0.05) is 20.8 Å². The molecule has 0 aromatic carbocycles. The number of aryl methyl sites for hydroxylation is 1. The molecule has 1 amide bonds. The third-order valence-electron chi connectivity index (χ3n) is 2.26. The average Bonchev–Trinajstić information content (AvgIpc) is 2.58. The van der Waals surface area contributed by atoms with Crippen molar-refractivity contribution in [2.24, 2.45) is 5.41 Å². The van der Waals surface area contributed by atoms with Crippen LogP contribution in [0.5, 0.6) is 0 Å². The first-order valence-corrected chi connectivity index (χ1v) is 6.66. The Morgan fingerprint density at radius 2 is 2.00 bits per heavy atom. The lowest BCUT2D eigenvalue weighted by Gasteiger charge is -2.17. The summed E-state index contributed by atoms with van der Waals surface area (Å²) in [4.78, 5) is 24.6. The number of anilines is 1. The van der Waals surface area contributed by atoms with Crippen LogP contribution in [0.15, 0.2) is 6.07 Å². The van der Waals surface area contributed by atoms with Gasteiger partial charge >= 0.3 is 5.97 Å². The number of hydrogen-bond donors (Lipinski definition) is 1. The van der Waals surface area contributed by atoms with Crippen LogP contribution in [0.25, 0.3) is 0 Å². The average molecular weight is 269 g/mol. The minimum Gasteiger partial charge on any atom is -0.462 e. The molecule has 0 atom stereocenters. The molecule has 0 bridgehead atoms. The second kappa shape index (κ2) is 5.52. The Morgan fingerprint density at radius 3 is 2.50 bits per heavy atom. The molecule has 0 spiro atoms. The van der Waals surface area contributed by atoms with Gasteiger partial charge in [-0.2, -0.15) is 0 Å². The maximum atomic E-state index is 11.9. The quantitative estimate of drug-likeness (QED) is 0.857. The van der Waals surface area contributed by atoms with Gasteiger partial charge < -0.3 is 10.1 Å². The normalized spacial score (nSPS) is 11.2. The van der Waals surface area contributed by atoms with Crippen molar-refractivity contribution >= 4 is 28.2 Å². The standard InChI is InChI=1S/C13H19NO3S/c1-6-17-11(15)9-7-8(2)18-10(9)14-12(16)13(3,4)5/h7H,6H2,1-5H3,(H,14,16). The van der Waals surface area contributed by atoms with Gasteiger partial charge in [-0.15, -0.1) is 11.3 Å². The topological polar surface area (TPSA) is 55.4 Å². The van der Waals surface area contributed by atoms with Crippen LogP contribution >= 0.6 is 11.3 Å². The highest BCUT2D eigenvalue weighted by molar-refractivity contribution is 7.16. The van der Waals surface area contributed by atoms with E-state index in [0.717, 1.165) is 4.88 Å². The summed E-state index contributed by atoms with van der Waals surface area (Å²) < 4.78 is 4.97. The van der Waals surface area contributed by atoms with Crippen molar-refractivity contribution in [1.29, 1.82) is 0 Å². The van der Waals surface area contributed by atoms with Crippen molar-refractivity contribution < 1.29 is 14.3 Å². The third-order valence-corrected chi connectivity index (χ3v) is 3.22. The molecule has 1 N–H and O–H groups in total. The number of thiophene rings is 1. The minimum absolute atomic E-state index is 0.116. The predicted molar refractivity (Wildman–Crippen MR) is 73.1 cm³/mol. The fourth-order valence-electron chi connectivity index (χ4n) is 1.26. The number of carbonyl (C=O) groups is 2. The lowest BCUT2D eigenvalue weighted by molar-refractivity contribution is -0.123. The highest BCUT2D eigenvalue weighted by Crippen LogP contribution is 2.30. The number of amides is 1. The maximum Gasteiger partial charge on any atom is 0.341 e. The van der Waals surface area contributed by atoms with E-state index in [9.17, 15) is 9.59 Å². The second-order valence-corrected chi connectivity index (χ2v) is 6.28. The van der Waals surface area contributed by atoms with Crippen molar-refractivity contribution in [2.45, 2.75) is 34.6 Å². The van der Waals surface area contributed by atoms with E-state index in [0.29, 0.717) is 17.2 Å². The molecule has 0 unspecified atom stereocenters. The number of esters is 1. The van der Waals surface area contributed by atoms with Crippen LogP contribution in [-0.2, 0) is 9.53 Å². The molecule has 0 aliphatic rings. The Morgan fingerprint density at radius 1 is 1.39 bits per heavy atom. The molecule has 0 radical (unpaired) electrons. The third kappa shape index (κ3) is 3.57. The molecule has 0 saturated heterocycles. The van der Waals surface area contributed by atoms with Crippen LogP contribution in [0, 0.1) is 12.3 Å². The van der Waals surface area contributed by atoms with E-state index >= 15 is 0 Å². The predicted octanol–water partition coefficient (Wildman–Crippen LogP) is 3.22. The van der Waals surface area contributed by atoms with E-state index in [1.54, 1.807) is 13.0 Å². The van der Waals surface area contributed by atoms with Gasteiger partial charge in [-0.25, -0.2) is 4.79 Å². The van der Waals surface area contributed by atoms with E-state index in [-0.39, 0.29) is 5.91 Å². The maximum absolute atomic E-state index is 11.9. The van der Waals surface area contributed by atoms with Crippen molar-refractivity contribution in [3.63, 3.8) is 0 Å². The van der Waals surface area contributed by atoms with Gasteiger partial charge in [-0.05, 0) is 19.9 Å². The van der Waals surface area contributed by atoms with E-state index in [1.807, 2.05) is 27.7 Å². The largest absolute Gasteiger partial charge is 0.462 e.